The van der Waals surface area contributed by atoms with E-state index in [1.54, 1.807) is 29.2 Å². The molecule has 1 fully saturated rings. The van der Waals surface area contributed by atoms with E-state index in [4.69, 9.17) is 4.74 Å². The molecule has 122 valence electrons. The summed E-state index contributed by atoms with van der Waals surface area (Å²) in [5.74, 6) is 0.701. The molecular formula is C16H16F3N3O. The Labute approximate surface area is 131 Å². The monoisotopic (exact) mass is 323 g/mol. The van der Waals surface area contributed by atoms with Crippen molar-refractivity contribution < 1.29 is 17.9 Å². The Balaban J connectivity index is 2.09. The van der Waals surface area contributed by atoms with E-state index in [1.165, 1.54) is 7.11 Å². The molecular weight excluding hydrogens is 307 g/mol. The summed E-state index contributed by atoms with van der Waals surface area (Å²) in [4.78, 5) is 9.84. The SMILES string of the molecule is COc1cccc(-c2cc(C(F)(F)F)nc(N3CCCC3)n2)c1. The maximum atomic E-state index is 13.2. The lowest BCUT2D eigenvalue weighted by molar-refractivity contribution is -0.141. The summed E-state index contributed by atoms with van der Waals surface area (Å²) >= 11 is 0. The smallest absolute Gasteiger partial charge is 0.433 e. The van der Waals surface area contributed by atoms with Gasteiger partial charge in [0.25, 0.3) is 0 Å². The number of benzene rings is 1. The number of hydrogen-bond donors (Lipinski definition) is 0. The van der Waals surface area contributed by atoms with E-state index in [0.717, 1.165) is 18.9 Å². The summed E-state index contributed by atoms with van der Waals surface area (Å²) in [6.45, 7) is 1.36. The van der Waals surface area contributed by atoms with Crippen LogP contribution in [-0.4, -0.2) is 30.2 Å². The van der Waals surface area contributed by atoms with Crippen molar-refractivity contribution in [1.82, 2.24) is 9.97 Å². The van der Waals surface area contributed by atoms with Gasteiger partial charge in [-0.3, -0.25) is 0 Å². The number of alkyl halides is 3. The highest BCUT2D eigenvalue weighted by molar-refractivity contribution is 5.63. The Morgan fingerprint density at radius 2 is 1.83 bits per heavy atom. The van der Waals surface area contributed by atoms with Crippen LogP contribution in [0.5, 0.6) is 5.75 Å². The Morgan fingerprint density at radius 3 is 2.48 bits per heavy atom. The van der Waals surface area contributed by atoms with Crippen molar-refractivity contribution in [2.24, 2.45) is 0 Å². The van der Waals surface area contributed by atoms with E-state index in [1.807, 2.05) is 0 Å². The number of ether oxygens (including phenoxy) is 1. The lowest BCUT2D eigenvalue weighted by Gasteiger charge is -2.18. The molecule has 7 heteroatoms. The van der Waals surface area contributed by atoms with Crippen LogP contribution in [0.15, 0.2) is 30.3 Å². The minimum atomic E-state index is -4.51. The van der Waals surface area contributed by atoms with Crippen molar-refractivity contribution in [3.63, 3.8) is 0 Å². The van der Waals surface area contributed by atoms with Gasteiger partial charge in [-0.25, -0.2) is 9.97 Å². The average molecular weight is 323 g/mol. The zero-order valence-electron chi connectivity index (χ0n) is 12.6. The quantitative estimate of drug-likeness (QED) is 0.862. The van der Waals surface area contributed by atoms with Crippen LogP contribution in [0.2, 0.25) is 0 Å². The summed E-state index contributed by atoms with van der Waals surface area (Å²) in [6.07, 6.45) is -2.63. The minimum Gasteiger partial charge on any atom is -0.497 e. The third-order valence-corrected chi connectivity index (χ3v) is 3.76. The van der Waals surface area contributed by atoms with Gasteiger partial charge in [-0.2, -0.15) is 13.2 Å². The average Bonchev–Trinajstić information content (AvgIpc) is 3.08. The van der Waals surface area contributed by atoms with Gasteiger partial charge >= 0.3 is 6.18 Å². The van der Waals surface area contributed by atoms with Crippen molar-refractivity contribution in [2.45, 2.75) is 19.0 Å². The highest BCUT2D eigenvalue weighted by atomic mass is 19.4. The zero-order valence-corrected chi connectivity index (χ0v) is 12.6. The maximum Gasteiger partial charge on any atom is 0.433 e. The Hall–Kier alpha value is -2.31. The van der Waals surface area contributed by atoms with Crippen molar-refractivity contribution in [3.8, 4) is 17.0 Å². The highest BCUT2D eigenvalue weighted by Gasteiger charge is 2.34. The fraction of sp³-hybridized carbons (Fsp3) is 0.375. The number of rotatable bonds is 3. The number of aromatic nitrogens is 2. The first-order valence-corrected chi connectivity index (χ1v) is 7.33. The summed E-state index contributed by atoms with van der Waals surface area (Å²) in [5.41, 5.74) is -0.113. The Morgan fingerprint density at radius 1 is 1.09 bits per heavy atom. The van der Waals surface area contributed by atoms with Crippen LogP contribution >= 0.6 is 0 Å². The molecule has 1 aliphatic rings. The third kappa shape index (κ3) is 3.38. The van der Waals surface area contributed by atoms with Gasteiger partial charge in [-0.05, 0) is 31.0 Å². The van der Waals surface area contributed by atoms with E-state index in [9.17, 15) is 13.2 Å². The number of nitrogens with zero attached hydrogens (tertiary/aromatic N) is 3. The molecule has 2 heterocycles. The zero-order chi connectivity index (χ0) is 16.4. The Kier molecular flexibility index (Phi) is 4.11. The molecule has 1 aromatic heterocycles. The largest absolute Gasteiger partial charge is 0.497 e. The molecule has 0 aliphatic carbocycles. The first kappa shape index (κ1) is 15.6. The molecule has 1 aliphatic heterocycles. The molecule has 0 spiro atoms. The summed E-state index contributed by atoms with van der Waals surface area (Å²) in [7, 11) is 1.51. The molecule has 0 radical (unpaired) electrons. The topological polar surface area (TPSA) is 38.2 Å². The summed E-state index contributed by atoms with van der Waals surface area (Å²) in [6, 6.07) is 7.80. The fourth-order valence-electron chi connectivity index (χ4n) is 2.57. The number of hydrogen-bond acceptors (Lipinski definition) is 4. The normalized spacial score (nSPS) is 15.0. The van der Waals surface area contributed by atoms with Gasteiger partial charge in [0.1, 0.15) is 5.75 Å². The standard InChI is InChI=1S/C16H16F3N3O/c1-23-12-6-4-5-11(9-12)13-10-14(16(17,18)19)21-15(20-13)22-7-2-3-8-22/h4-6,9-10H,2-3,7-8H2,1H3. The molecule has 0 unspecified atom stereocenters. The van der Waals surface area contributed by atoms with Crippen LogP contribution < -0.4 is 9.64 Å². The van der Waals surface area contributed by atoms with Crippen LogP contribution in [-0.2, 0) is 6.18 Å². The number of anilines is 1. The van der Waals surface area contributed by atoms with Crippen molar-refractivity contribution in [3.05, 3.63) is 36.0 Å². The van der Waals surface area contributed by atoms with E-state index < -0.39 is 11.9 Å². The van der Waals surface area contributed by atoms with Crippen molar-refractivity contribution >= 4 is 5.95 Å². The van der Waals surface area contributed by atoms with Crippen LogP contribution in [0.4, 0.5) is 19.1 Å². The molecule has 23 heavy (non-hydrogen) atoms. The third-order valence-electron chi connectivity index (χ3n) is 3.76. The minimum absolute atomic E-state index is 0.134. The molecule has 0 saturated carbocycles. The summed E-state index contributed by atoms with van der Waals surface area (Å²) in [5, 5.41) is 0. The molecule has 1 aromatic carbocycles. The van der Waals surface area contributed by atoms with Gasteiger partial charge in [0.2, 0.25) is 5.95 Å². The van der Waals surface area contributed by atoms with Gasteiger partial charge < -0.3 is 9.64 Å². The van der Waals surface area contributed by atoms with Gasteiger partial charge in [0.05, 0.1) is 12.8 Å². The highest BCUT2D eigenvalue weighted by Crippen LogP contribution is 2.33. The van der Waals surface area contributed by atoms with E-state index in [-0.39, 0.29) is 11.6 Å². The van der Waals surface area contributed by atoms with E-state index >= 15 is 0 Å². The molecule has 2 aromatic rings. The van der Waals surface area contributed by atoms with Gasteiger partial charge in [0, 0.05) is 18.7 Å². The molecule has 0 amide bonds. The maximum absolute atomic E-state index is 13.2. The van der Waals surface area contributed by atoms with Crippen LogP contribution in [0.1, 0.15) is 18.5 Å². The van der Waals surface area contributed by atoms with E-state index in [0.29, 0.717) is 24.4 Å². The van der Waals surface area contributed by atoms with E-state index in [2.05, 4.69) is 9.97 Å². The molecule has 0 bridgehead atoms. The molecule has 1 saturated heterocycles. The molecule has 4 nitrogen and oxygen atoms in total. The van der Waals surface area contributed by atoms with Crippen molar-refractivity contribution in [1.29, 1.82) is 0 Å². The Bertz CT molecular complexity index is 697. The van der Waals surface area contributed by atoms with Crippen LogP contribution in [0.25, 0.3) is 11.3 Å². The predicted molar refractivity (Wildman–Crippen MR) is 80.5 cm³/mol. The summed E-state index contributed by atoms with van der Waals surface area (Å²) < 4.78 is 44.6. The molecule has 0 N–H and O–H groups in total. The first-order chi connectivity index (χ1) is 11.0. The molecule has 0 atom stereocenters. The lowest BCUT2D eigenvalue weighted by atomic mass is 10.1. The second kappa shape index (κ2) is 6.06. The van der Waals surface area contributed by atoms with Gasteiger partial charge in [-0.15, -0.1) is 0 Å². The number of halogens is 3. The second-order valence-corrected chi connectivity index (χ2v) is 5.36. The van der Waals surface area contributed by atoms with Gasteiger partial charge in [-0.1, -0.05) is 12.1 Å². The predicted octanol–water partition coefficient (Wildman–Crippen LogP) is 3.77. The lowest BCUT2D eigenvalue weighted by Crippen LogP contribution is -2.22. The van der Waals surface area contributed by atoms with Crippen LogP contribution in [0, 0.1) is 0 Å². The molecule has 3 rings (SSSR count). The van der Waals surface area contributed by atoms with Crippen molar-refractivity contribution in [2.75, 3.05) is 25.1 Å². The number of methoxy groups -OCH3 is 1. The second-order valence-electron chi connectivity index (χ2n) is 5.36. The fourth-order valence-corrected chi connectivity index (χ4v) is 2.57. The van der Waals surface area contributed by atoms with Crippen LogP contribution in [0.3, 0.4) is 0 Å². The van der Waals surface area contributed by atoms with Gasteiger partial charge in [0.15, 0.2) is 5.69 Å². The first-order valence-electron chi connectivity index (χ1n) is 7.33.